The van der Waals surface area contributed by atoms with Gasteiger partial charge in [-0.25, -0.2) is 0 Å². The van der Waals surface area contributed by atoms with Gasteiger partial charge in [-0.15, -0.1) is 0 Å². The Morgan fingerprint density at radius 1 is 1.12 bits per heavy atom. The maximum absolute atomic E-state index is 11.3. The molecule has 1 aromatic carbocycles. The summed E-state index contributed by atoms with van der Waals surface area (Å²) < 4.78 is 0. The molecule has 0 atom stereocenters. The SMILES string of the molecule is Nc1ccc(-c2ccc([N+](=O)[O-])cc2)[nH]c1=O. The molecule has 2 aromatic rings. The molecule has 0 aliphatic carbocycles. The Morgan fingerprint density at radius 3 is 2.29 bits per heavy atom. The fourth-order valence-corrected chi connectivity index (χ4v) is 1.42. The molecule has 0 aliphatic heterocycles. The molecule has 0 unspecified atom stereocenters. The number of hydrogen-bond acceptors (Lipinski definition) is 4. The predicted octanol–water partition coefficient (Wildman–Crippen LogP) is 1.53. The molecule has 0 fully saturated rings. The minimum absolute atomic E-state index is 0.00606. The zero-order valence-electron chi connectivity index (χ0n) is 8.71. The number of aromatic nitrogens is 1. The summed E-state index contributed by atoms with van der Waals surface area (Å²) in [6.07, 6.45) is 0. The fraction of sp³-hybridized carbons (Fsp3) is 0. The molecule has 17 heavy (non-hydrogen) atoms. The van der Waals surface area contributed by atoms with E-state index in [0.29, 0.717) is 11.3 Å². The molecule has 0 spiro atoms. The number of nitrogens with zero attached hydrogens (tertiary/aromatic N) is 1. The van der Waals surface area contributed by atoms with Crippen LogP contribution in [0.25, 0.3) is 11.3 Å². The van der Waals surface area contributed by atoms with Gasteiger partial charge in [-0.1, -0.05) is 0 Å². The molecule has 3 N–H and O–H groups in total. The Balaban J connectivity index is 2.43. The number of H-pyrrole nitrogens is 1. The van der Waals surface area contributed by atoms with E-state index in [1.54, 1.807) is 18.2 Å². The number of anilines is 1. The molecule has 1 heterocycles. The molecule has 86 valence electrons. The van der Waals surface area contributed by atoms with Crippen molar-refractivity contribution in [1.82, 2.24) is 4.98 Å². The van der Waals surface area contributed by atoms with Crippen LogP contribution in [0.15, 0.2) is 41.2 Å². The second-order valence-corrected chi connectivity index (χ2v) is 3.46. The van der Waals surface area contributed by atoms with E-state index in [2.05, 4.69) is 4.98 Å². The molecular weight excluding hydrogens is 222 g/mol. The van der Waals surface area contributed by atoms with Gasteiger partial charge in [0.15, 0.2) is 0 Å². The highest BCUT2D eigenvalue weighted by atomic mass is 16.6. The summed E-state index contributed by atoms with van der Waals surface area (Å²) in [5, 5.41) is 10.5. The Morgan fingerprint density at radius 2 is 1.76 bits per heavy atom. The Hall–Kier alpha value is -2.63. The van der Waals surface area contributed by atoms with E-state index in [0.717, 1.165) is 0 Å². The number of nitrogen functional groups attached to an aromatic ring is 1. The summed E-state index contributed by atoms with van der Waals surface area (Å²) in [7, 11) is 0. The van der Waals surface area contributed by atoms with Crippen LogP contribution in [0, 0.1) is 10.1 Å². The number of hydrogen-bond donors (Lipinski definition) is 2. The number of nitrogens with one attached hydrogen (secondary N) is 1. The molecule has 0 amide bonds. The molecule has 0 bridgehead atoms. The van der Waals surface area contributed by atoms with Gasteiger partial charge in [-0.05, 0) is 29.8 Å². The lowest BCUT2D eigenvalue weighted by Crippen LogP contribution is -2.11. The summed E-state index contributed by atoms with van der Waals surface area (Å²) in [6, 6.07) is 9.04. The number of pyridine rings is 1. The van der Waals surface area contributed by atoms with Crippen LogP contribution in [-0.4, -0.2) is 9.91 Å². The van der Waals surface area contributed by atoms with Crippen LogP contribution < -0.4 is 11.3 Å². The van der Waals surface area contributed by atoms with Crippen LogP contribution in [0.2, 0.25) is 0 Å². The lowest BCUT2D eigenvalue weighted by atomic mass is 10.1. The second kappa shape index (κ2) is 4.09. The first-order valence-corrected chi connectivity index (χ1v) is 4.81. The fourth-order valence-electron chi connectivity index (χ4n) is 1.42. The first-order chi connectivity index (χ1) is 8.08. The third kappa shape index (κ3) is 2.15. The van der Waals surface area contributed by atoms with E-state index < -0.39 is 4.92 Å². The third-order valence-corrected chi connectivity index (χ3v) is 2.33. The van der Waals surface area contributed by atoms with Crippen LogP contribution in [0.4, 0.5) is 11.4 Å². The van der Waals surface area contributed by atoms with Gasteiger partial charge in [0.25, 0.3) is 11.2 Å². The number of aromatic amines is 1. The van der Waals surface area contributed by atoms with Gasteiger partial charge in [-0.3, -0.25) is 14.9 Å². The highest BCUT2D eigenvalue weighted by molar-refractivity contribution is 5.62. The zero-order chi connectivity index (χ0) is 12.4. The largest absolute Gasteiger partial charge is 0.394 e. The summed E-state index contributed by atoms with van der Waals surface area (Å²) in [5.74, 6) is 0. The van der Waals surface area contributed by atoms with Gasteiger partial charge in [-0.2, -0.15) is 0 Å². The van der Waals surface area contributed by atoms with Crippen molar-refractivity contribution in [2.24, 2.45) is 0 Å². The van der Waals surface area contributed by atoms with Gasteiger partial charge >= 0.3 is 0 Å². The van der Waals surface area contributed by atoms with Crippen molar-refractivity contribution in [2.75, 3.05) is 5.73 Å². The lowest BCUT2D eigenvalue weighted by Gasteiger charge is -2.01. The highest BCUT2D eigenvalue weighted by Crippen LogP contribution is 2.19. The monoisotopic (exact) mass is 231 g/mol. The summed E-state index contributed by atoms with van der Waals surface area (Å²) in [4.78, 5) is 23.9. The lowest BCUT2D eigenvalue weighted by molar-refractivity contribution is -0.384. The summed E-state index contributed by atoms with van der Waals surface area (Å²) >= 11 is 0. The van der Waals surface area contributed by atoms with Gasteiger partial charge in [0.1, 0.15) is 0 Å². The molecule has 0 saturated carbocycles. The molecule has 0 radical (unpaired) electrons. The van der Waals surface area contributed by atoms with Crippen LogP contribution in [-0.2, 0) is 0 Å². The van der Waals surface area contributed by atoms with Gasteiger partial charge < -0.3 is 10.7 Å². The predicted molar refractivity (Wildman–Crippen MR) is 63.6 cm³/mol. The average molecular weight is 231 g/mol. The molecule has 2 rings (SSSR count). The van der Waals surface area contributed by atoms with Crippen molar-refractivity contribution in [1.29, 1.82) is 0 Å². The average Bonchev–Trinajstić information content (AvgIpc) is 2.33. The maximum Gasteiger partial charge on any atom is 0.271 e. The quantitative estimate of drug-likeness (QED) is 0.604. The number of benzene rings is 1. The number of nitro groups is 1. The third-order valence-electron chi connectivity index (χ3n) is 2.33. The summed E-state index contributed by atoms with van der Waals surface area (Å²) in [6.45, 7) is 0. The second-order valence-electron chi connectivity index (χ2n) is 3.46. The van der Waals surface area contributed by atoms with E-state index in [-0.39, 0.29) is 16.9 Å². The van der Waals surface area contributed by atoms with Crippen LogP contribution in [0.5, 0.6) is 0 Å². The smallest absolute Gasteiger partial charge is 0.271 e. The molecule has 0 aliphatic rings. The molecule has 0 saturated heterocycles. The zero-order valence-corrected chi connectivity index (χ0v) is 8.71. The van der Waals surface area contributed by atoms with Crippen LogP contribution in [0.3, 0.4) is 0 Å². The van der Waals surface area contributed by atoms with Crippen molar-refractivity contribution >= 4 is 11.4 Å². The topological polar surface area (TPSA) is 102 Å². The molecule has 6 nitrogen and oxygen atoms in total. The standard InChI is InChI=1S/C11H9N3O3/c12-9-5-6-10(13-11(9)15)7-1-3-8(4-2-7)14(16)17/h1-6H,12H2,(H,13,15). The number of nitrogens with two attached hydrogens (primary N) is 1. The first kappa shape index (κ1) is 10.9. The maximum atomic E-state index is 11.3. The normalized spacial score (nSPS) is 10.1. The van der Waals surface area contributed by atoms with Gasteiger partial charge in [0, 0.05) is 17.8 Å². The van der Waals surface area contributed by atoms with E-state index in [4.69, 9.17) is 5.73 Å². The summed E-state index contributed by atoms with van der Waals surface area (Å²) in [5.41, 5.74) is 6.42. The molecular formula is C11H9N3O3. The van der Waals surface area contributed by atoms with E-state index in [1.165, 1.54) is 18.2 Å². The number of non-ortho nitro benzene ring substituents is 1. The van der Waals surface area contributed by atoms with Crippen molar-refractivity contribution in [3.8, 4) is 11.3 Å². The first-order valence-electron chi connectivity index (χ1n) is 4.81. The van der Waals surface area contributed by atoms with Crippen molar-refractivity contribution in [3.63, 3.8) is 0 Å². The van der Waals surface area contributed by atoms with E-state index in [9.17, 15) is 14.9 Å². The number of nitro benzene ring substituents is 1. The van der Waals surface area contributed by atoms with Crippen molar-refractivity contribution < 1.29 is 4.92 Å². The van der Waals surface area contributed by atoms with Crippen LogP contribution >= 0.6 is 0 Å². The van der Waals surface area contributed by atoms with E-state index >= 15 is 0 Å². The van der Waals surface area contributed by atoms with Gasteiger partial charge in [0.2, 0.25) is 0 Å². The highest BCUT2D eigenvalue weighted by Gasteiger charge is 2.06. The Kier molecular flexibility index (Phi) is 2.61. The molecule has 6 heteroatoms. The van der Waals surface area contributed by atoms with E-state index in [1.807, 2.05) is 0 Å². The number of rotatable bonds is 2. The van der Waals surface area contributed by atoms with Gasteiger partial charge in [0.05, 0.1) is 10.6 Å². The molecule has 1 aromatic heterocycles. The minimum atomic E-state index is -0.477. The van der Waals surface area contributed by atoms with Crippen LogP contribution in [0.1, 0.15) is 0 Å². The Labute approximate surface area is 95.9 Å². The van der Waals surface area contributed by atoms with Crippen molar-refractivity contribution in [3.05, 3.63) is 56.9 Å². The Bertz CT molecular complexity index is 617. The minimum Gasteiger partial charge on any atom is -0.394 e. The van der Waals surface area contributed by atoms with Crippen molar-refractivity contribution in [2.45, 2.75) is 0 Å².